The molecule has 6 nitrogen and oxygen atoms in total. The fraction of sp³-hybridized carbons (Fsp3) is 0.250. The van der Waals surface area contributed by atoms with Crippen LogP contribution < -0.4 is 10.4 Å². The molecule has 1 aromatic carbocycles. The predicted octanol–water partition coefficient (Wildman–Crippen LogP) is 3.52. The van der Waals surface area contributed by atoms with E-state index < -0.39 is 10.5 Å². The maximum absolute atomic E-state index is 11.9. The molecule has 1 unspecified atom stereocenters. The number of halogens is 2. The number of nitro groups is 1. The van der Waals surface area contributed by atoms with Gasteiger partial charge in [-0.15, -0.1) is 0 Å². The molecule has 0 bridgehead atoms. The highest BCUT2D eigenvalue weighted by Gasteiger charge is 2.18. The minimum absolute atomic E-state index is 0.0445. The van der Waals surface area contributed by atoms with Gasteiger partial charge in [-0.3, -0.25) is 10.1 Å². The van der Waals surface area contributed by atoms with E-state index in [2.05, 4.69) is 15.9 Å². The van der Waals surface area contributed by atoms with Gasteiger partial charge in [0, 0.05) is 22.8 Å². The molecule has 1 heterocycles. The van der Waals surface area contributed by atoms with E-state index in [1.54, 1.807) is 6.92 Å². The highest BCUT2D eigenvalue weighted by Crippen LogP contribution is 2.32. The molecule has 8 heteroatoms. The van der Waals surface area contributed by atoms with E-state index in [9.17, 15) is 14.9 Å². The third-order valence-electron chi connectivity index (χ3n) is 2.56. The van der Waals surface area contributed by atoms with Gasteiger partial charge in [0.25, 0.3) is 5.69 Å². The average Bonchev–Trinajstić information content (AvgIpc) is 2.43. The lowest BCUT2D eigenvalue weighted by molar-refractivity contribution is -0.384. The van der Waals surface area contributed by atoms with Gasteiger partial charge in [0.05, 0.1) is 10.3 Å². The monoisotopic (exact) mass is 361 g/mol. The fourth-order valence-corrected chi connectivity index (χ4v) is 1.97. The molecule has 0 spiro atoms. The molecule has 20 heavy (non-hydrogen) atoms. The number of benzene rings is 1. The van der Waals surface area contributed by atoms with Crippen LogP contribution in [0.2, 0.25) is 5.02 Å². The Labute approximate surface area is 126 Å². The molecule has 0 aliphatic heterocycles. The zero-order chi connectivity index (χ0) is 14.9. The molecule has 0 fully saturated rings. The Bertz CT molecular complexity index is 730. The van der Waals surface area contributed by atoms with Crippen LogP contribution in [0.5, 0.6) is 5.95 Å². The quantitative estimate of drug-likeness (QED) is 0.472. The van der Waals surface area contributed by atoms with Crippen molar-refractivity contribution < 1.29 is 14.1 Å². The lowest BCUT2D eigenvalue weighted by Crippen LogP contribution is -2.15. The lowest BCUT2D eigenvalue weighted by atomic mass is 10.1. The summed E-state index contributed by atoms with van der Waals surface area (Å²) in [5, 5.41) is 11.7. The van der Waals surface area contributed by atoms with E-state index in [-0.39, 0.29) is 28.1 Å². The van der Waals surface area contributed by atoms with Crippen LogP contribution in [0.15, 0.2) is 27.4 Å². The van der Waals surface area contributed by atoms with Crippen molar-refractivity contribution in [1.29, 1.82) is 0 Å². The summed E-state index contributed by atoms with van der Waals surface area (Å²) in [6, 6.07) is 3.80. The van der Waals surface area contributed by atoms with Crippen LogP contribution in [0.4, 0.5) is 5.69 Å². The highest BCUT2D eigenvalue weighted by molar-refractivity contribution is 9.09. The van der Waals surface area contributed by atoms with Crippen molar-refractivity contribution in [2.75, 3.05) is 5.33 Å². The van der Waals surface area contributed by atoms with Gasteiger partial charge in [0.2, 0.25) is 0 Å². The lowest BCUT2D eigenvalue weighted by Gasteiger charge is -2.12. The maximum atomic E-state index is 11.9. The van der Waals surface area contributed by atoms with Crippen molar-refractivity contribution in [1.82, 2.24) is 0 Å². The van der Waals surface area contributed by atoms with E-state index >= 15 is 0 Å². The molecule has 0 N–H and O–H groups in total. The third kappa shape index (κ3) is 2.78. The molecule has 0 saturated carbocycles. The second-order valence-electron chi connectivity index (χ2n) is 4.06. The molecule has 0 radical (unpaired) electrons. The first-order valence-electron chi connectivity index (χ1n) is 5.57. The Kier molecular flexibility index (Phi) is 4.29. The number of rotatable bonds is 4. The molecular weight excluding hydrogens is 353 g/mol. The van der Waals surface area contributed by atoms with Crippen molar-refractivity contribution in [3.05, 3.63) is 43.8 Å². The van der Waals surface area contributed by atoms with Gasteiger partial charge in [-0.1, -0.05) is 27.5 Å². The van der Waals surface area contributed by atoms with Gasteiger partial charge in [-0.25, -0.2) is 4.79 Å². The molecular formula is C12H9BrClNO5. The van der Waals surface area contributed by atoms with Gasteiger partial charge in [0.1, 0.15) is 11.1 Å². The Morgan fingerprint density at radius 2 is 2.20 bits per heavy atom. The number of ether oxygens (including phenoxy) is 1. The van der Waals surface area contributed by atoms with Crippen molar-refractivity contribution in [2.45, 2.75) is 13.0 Å². The van der Waals surface area contributed by atoms with Crippen molar-refractivity contribution in [3.8, 4) is 5.95 Å². The van der Waals surface area contributed by atoms with Crippen molar-refractivity contribution in [2.24, 2.45) is 0 Å². The number of hydrogen-bond acceptors (Lipinski definition) is 5. The van der Waals surface area contributed by atoms with Crippen molar-refractivity contribution in [3.63, 3.8) is 0 Å². The standard InChI is InChI=1S/C12H9BrClNO5/c1-6(5-13)19-12-10(14)8-3-2-7(15(17)18)4-9(8)11(16)20-12/h2-4,6H,5H2,1H3. The van der Waals surface area contributed by atoms with E-state index in [0.29, 0.717) is 10.7 Å². The Morgan fingerprint density at radius 1 is 1.50 bits per heavy atom. The van der Waals surface area contributed by atoms with Crippen LogP contribution in [-0.2, 0) is 0 Å². The van der Waals surface area contributed by atoms with Crippen LogP contribution in [-0.4, -0.2) is 16.4 Å². The summed E-state index contributed by atoms with van der Waals surface area (Å²) >= 11 is 9.33. The second kappa shape index (κ2) is 5.80. The molecule has 1 atom stereocenters. The largest absolute Gasteiger partial charge is 0.460 e. The summed E-state index contributed by atoms with van der Waals surface area (Å²) in [6.07, 6.45) is -0.244. The van der Waals surface area contributed by atoms with Crippen LogP contribution in [0.1, 0.15) is 6.92 Å². The van der Waals surface area contributed by atoms with E-state index in [4.69, 9.17) is 20.8 Å². The summed E-state index contributed by atoms with van der Waals surface area (Å²) in [4.78, 5) is 22.0. The van der Waals surface area contributed by atoms with Crippen LogP contribution in [0.25, 0.3) is 10.8 Å². The van der Waals surface area contributed by atoms with Gasteiger partial charge in [0.15, 0.2) is 0 Å². The maximum Gasteiger partial charge on any atom is 0.346 e. The van der Waals surface area contributed by atoms with Crippen LogP contribution in [0.3, 0.4) is 0 Å². The number of alkyl halides is 1. The summed E-state index contributed by atoms with van der Waals surface area (Å²) < 4.78 is 10.4. The Balaban J connectivity index is 2.62. The molecule has 106 valence electrons. The molecule has 0 amide bonds. The van der Waals surface area contributed by atoms with Crippen molar-refractivity contribution >= 4 is 44.0 Å². The topological polar surface area (TPSA) is 82.6 Å². The van der Waals surface area contributed by atoms with E-state index in [0.717, 1.165) is 6.07 Å². The Hall–Kier alpha value is -1.60. The summed E-state index contributed by atoms with van der Waals surface area (Å²) in [6.45, 7) is 1.77. The van der Waals surface area contributed by atoms with Crippen LogP contribution in [0, 0.1) is 10.1 Å². The van der Waals surface area contributed by atoms with Gasteiger partial charge >= 0.3 is 11.6 Å². The van der Waals surface area contributed by atoms with Gasteiger partial charge in [-0.2, -0.15) is 0 Å². The Morgan fingerprint density at radius 3 is 2.80 bits per heavy atom. The van der Waals surface area contributed by atoms with Crippen LogP contribution >= 0.6 is 27.5 Å². The summed E-state index contributed by atoms with van der Waals surface area (Å²) in [7, 11) is 0. The van der Waals surface area contributed by atoms with E-state index in [1.165, 1.54) is 12.1 Å². The number of fused-ring (bicyclic) bond motifs is 1. The molecule has 2 aromatic rings. The number of hydrogen-bond donors (Lipinski definition) is 0. The first-order valence-corrected chi connectivity index (χ1v) is 7.07. The smallest absolute Gasteiger partial charge is 0.346 e. The molecule has 2 rings (SSSR count). The zero-order valence-corrected chi connectivity index (χ0v) is 12.6. The average molecular weight is 363 g/mol. The number of nitro benzene ring substituents is 1. The first kappa shape index (κ1) is 14.8. The normalized spacial score (nSPS) is 12.3. The molecule has 0 aliphatic rings. The molecule has 0 saturated heterocycles. The fourth-order valence-electron chi connectivity index (χ4n) is 1.59. The summed E-state index contributed by atoms with van der Waals surface area (Å²) in [5.74, 6) is -0.0926. The molecule has 0 aliphatic carbocycles. The van der Waals surface area contributed by atoms with Gasteiger partial charge in [-0.05, 0) is 13.0 Å². The predicted molar refractivity (Wildman–Crippen MR) is 78.0 cm³/mol. The minimum atomic E-state index is -0.732. The number of nitrogens with zero attached hydrogens (tertiary/aromatic N) is 1. The first-order chi connectivity index (χ1) is 9.43. The SMILES string of the molecule is CC(CBr)Oc1oc(=O)c2cc([N+](=O)[O-])ccc2c1Cl. The third-order valence-corrected chi connectivity index (χ3v) is 3.83. The number of non-ortho nitro benzene ring substituents is 1. The second-order valence-corrected chi connectivity index (χ2v) is 5.09. The minimum Gasteiger partial charge on any atom is -0.460 e. The van der Waals surface area contributed by atoms with E-state index in [1.807, 2.05) is 0 Å². The van der Waals surface area contributed by atoms with Gasteiger partial charge < -0.3 is 9.15 Å². The summed E-state index contributed by atoms with van der Waals surface area (Å²) in [5.41, 5.74) is -0.937. The highest BCUT2D eigenvalue weighted by atomic mass is 79.9. The molecule has 1 aromatic heterocycles. The zero-order valence-electron chi connectivity index (χ0n) is 10.3.